The first-order valence-corrected chi connectivity index (χ1v) is 8.57. The van der Waals surface area contributed by atoms with Crippen LogP contribution in [0.15, 0.2) is 52.0 Å². The van der Waals surface area contributed by atoms with Crippen molar-refractivity contribution in [3.05, 3.63) is 54.0 Å². The second-order valence-corrected chi connectivity index (χ2v) is 6.89. The van der Waals surface area contributed by atoms with Gasteiger partial charge in [-0.15, -0.1) is 0 Å². The maximum Gasteiger partial charge on any atom is 0.405 e. The molecule has 136 valence electrons. The molecule has 0 bridgehead atoms. The largest absolute Gasteiger partial charge is 0.468 e. The summed E-state index contributed by atoms with van der Waals surface area (Å²) >= 11 is 0. The fraction of sp³-hybridized carbons (Fsp3) is 0.267. The van der Waals surface area contributed by atoms with E-state index < -0.39 is 34.7 Å². The average Bonchev–Trinajstić information content (AvgIpc) is 3.06. The molecule has 0 saturated heterocycles. The minimum Gasteiger partial charge on any atom is -0.468 e. The van der Waals surface area contributed by atoms with Gasteiger partial charge < -0.3 is 9.73 Å². The number of carbonyl (C=O) groups excluding carboxylic acids is 1. The summed E-state index contributed by atoms with van der Waals surface area (Å²) in [5.41, 5.74) is -0.0812. The van der Waals surface area contributed by atoms with E-state index in [-0.39, 0.29) is 10.5 Å². The van der Waals surface area contributed by atoms with Crippen LogP contribution in [-0.2, 0) is 10.0 Å². The van der Waals surface area contributed by atoms with Crippen molar-refractivity contribution in [3.63, 3.8) is 0 Å². The van der Waals surface area contributed by atoms with Crippen LogP contribution in [0.1, 0.15) is 29.1 Å². The van der Waals surface area contributed by atoms with Crippen LogP contribution in [0.25, 0.3) is 0 Å². The van der Waals surface area contributed by atoms with Crippen molar-refractivity contribution in [1.82, 2.24) is 10.0 Å². The van der Waals surface area contributed by atoms with Crippen molar-refractivity contribution >= 4 is 15.9 Å². The smallest absolute Gasteiger partial charge is 0.405 e. The summed E-state index contributed by atoms with van der Waals surface area (Å²) in [6, 6.07) is 7.17. The third-order valence-corrected chi connectivity index (χ3v) is 4.73. The molecule has 0 aliphatic rings. The summed E-state index contributed by atoms with van der Waals surface area (Å²) in [4.78, 5) is 11.5. The van der Waals surface area contributed by atoms with Gasteiger partial charge in [0, 0.05) is 5.56 Å². The highest BCUT2D eigenvalue weighted by atomic mass is 32.2. The number of furan rings is 1. The van der Waals surface area contributed by atoms with Crippen LogP contribution in [-0.4, -0.2) is 27.0 Å². The molecule has 1 aromatic heterocycles. The molecule has 0 unspecified atom stereocenters. The lowest BCUT2D eigenvalue weighted by Crippen LogP contribution is -2.33. The van der Waals surface area contributed by atoms with E-state index in [2.05, 4.69) is 4.72 Å². The van der Waals surface area contributed by atoms with Crippen LogP contribution >= 0.6 is 0 Å². The molecule has 0 aliphatic carbocycles. The van der Waals surface area contributed by atoms with Gasteiger partial charge in [0.1, 0.15) is 12.3 Å². The van der Waals surface area contributed by atoms with Crippen LogP contribution in [0.4, 0.5) is 13.2 Å². The number of hydrogen-bond donors (Lipinski definition) is 2. The van der Waals surface area contributed by atoms with E-state index in [1.54, 1.807) is 24.4 Å². The normalized spacial score (nSPS) is 13.4. The highest BCUT2D eigenvalue weighted by Crippen LogP contribution is 2.18. The SMILES string of the molecule is C[C@H](NS(=O)(=O)c1ccc(C(=O)NCC(F)(F)F)cc1)c1ccco1. The van der Waals surface area contributed by atoms with E-state index in [1.807, 2.05) is 0 Å². The lowest BCUT2D eigenvalue weighted by Gasteiger charge is -2.12. The van der Waals surface area contributed by atoms with Gasteiger partial charge in [-0.1, -0.05) is 0 Å². The lowest BCUT2D eigenvalue weighted by atomic mass is 10.2. The topological polar surface area (TPSA) is 88.4 Å². The van der Waals surface area contributed by atoms with Crippen LogP contribution in [0.2, 0.25) is 0 Å². The molecule has 0 radical (unpaired) electrons. The van der Waals surface area contributed by atoms with Crippen LogP contribution in [0.5, 0.6) is 0 Å². The first-order chi connectivity index (χ1) is 11.6. The fourth-order valence-corrected chi connectivity index (χ4v) is 3.18. The Balaban J connectivity index is 2.06. The first-order valence-electron chi connectivity index (χ1n) is 7.09. The van der Waals surface area contributed by atoms with Gasteiger partial charge in [-0.05, 0) is 43.3 Å². The number of benzene rings is 1. The third kappa shape index (κ3) is 5.33. The van der Waals surface area contributed by atoms with Crippen molar-refractivity contribution in [3.8, 4) is 0 Å². The van der Waals surface area contributed by atoms with E-state index in [1.165, 1.54) is 6.26 Å². The van der Waals surface area contributed by atoms with Gasteiger partial charge in [-0.25, -0.2) is 13.1 Å². The maximum atomic E-state index is 12.3. The highest BCUT2D eigenvalue weighted by Gasteiger charge is 2.28. The Morgan fingerprint density at radius 1 is 1.20 bits per heavy atom. The van der Waals surface area contributed by atoms with Gasteiger partial charge in [0.05, 0.1) is 17.2 Å². The minimum absolute atomic E-state index is 0.0812. The molecule has 2 N–H and O–H groups in total. The summed E-state index contributed by atoms with van der Waals surface area (Å²) < 4.78 is 68.3. The van der Waals surface area contributed by atoms with E-state index in [0.717, 1.165) is 24.3 Å². The van der Waals surface area contributed by atoms with Crippen molar-refractivity contribution in [2.45, 2.75) is 24.0 Å². The molecule has 10 heteroatoms. The molecule has 6 nitrogen and oxygen atoms in total. The molecule has 1 atom stereocenters. The number of hydrogen-bond acceptors (Lipinski definition) is 4. The Kier molecular flexibility index (Phi) is 5.53. The molecular weight excluding hydrogens is 361 g/mol. The van der Waals surface area contributed by atoms with Gasteiger partial charge in [-0.3, -0.25) is 4.79 Å². The number of halogens is 3. The molecule has 0 fully saturated rings. The number of alkyl halides is 3. The van der Waals surface area contributed by atoms with Gasteiger partial charge in [0.2, 0.25) is 10.0 Å². The molecule has 0 saturated carbocycles. The van der Waals surface area contributed by atoms with Crippen LogP contribution < -0.4 is 10.0 Å². The highest BCUT2D eigenvalue weighted by molar-refractivity contribution is 7.89. The Hall–Kier alpha value is -2.33. The molecule has 1 aromatic carbocycles. The van der Waals surface area contributed by atoms with Gasteiger partial charge in [0.25, 0.3) is 5.91 Å². The summed E-state index contributed by atoms with van der Waals surface area (Å²) in [6.45, 7) is 0.128. The number of carbonyl (C=O) groups is 1. The predicted octanol–water partition coefficient (Wildman–Crippen LogP) is 2.61. The predicted molar refractivity (Wildman–Crippen MR) is 82.3 cm³/mol. The number of amides is 1. The van der Waals surface area contributed by atoms with Crippen LogP contribution in [0, 0.1) is 0 Å². The fourth-order valence-electron chi connectivity index (χ4n) is 1.96. The molecule has 2 aromatic rings. The first kappa shape index (κ1) is 19.0. The molecule has 1 amide bonds. The molecule has 25 heavy (non-hydrogen) atoms. The number of nitrogens with one attached hydrogen (secondary N) is 2. The van der Waals surface area contributed by atoms with Gasteiger partial charge in [-0.2, -0.15) is 13.2 Å². The Morgan fingerprint density at radius 3 is 2.36 bits per heavy atom. The standard InChI is InChI=1S/C15H15F3N2O4S/c1-10(13-3-2-8-24-13)20-25(22,23)12-6-4-11(5-7-12)14(21)19-9-15(16,17)18/h2-8,10,20H,9H2,1H3,(H,19,21)/t10-/m0/s1. The average molecular weight is 376 g/mol. The summed E-state index contributed by atoms with van der Waals surface area (Å²) in [6.07, 6.45) is -3.11. The summed E-state index contributed by atoms with van der Waals surface area (Å²) in [7, 11) is -3.89. The van der Waals surface area contributed by atoms with Crippen molar-refractivity contribution in [2.75, 3.05) is 6.54 Å². The zero-order valence-corrected chi connectivity index (χ0v) is 13.8. The van der Waals surface area contributed by atoms with E-state index in [4.69, 9.17) is 4.42 Å². The molecule has 0 spiro atoms. The summed E-state index contributed by atoms with van der Waals surface area (Å²) in [5, 5.41) is 1.71. The Labute approximate surface area is 142 Å². The minimum atomic E-state index is -4.52. The second-order valence-electron chi connectivity index (χ2n) is 5.18. The van der Waals surface area contributed by atoms with E-state index in [0.29, 0.717) is 5.76 Å². The zero-order valence-electron chi connectivity index (χ0n) is 13.0. The maximum absolute atomic E-state index is 12.3. The molecule has 0 aliphatic heterocycles. The van der Waals surface area contributed by atoms with Gasteiger partial charge >= 0.3 is 6.18 Å². The molecule has 2 rings (SSSR count). The summed E-state index contributed by atoms with van der Waals surface area (Å²) in [5.74, 6) is -0.523. The van der Waals surface area contributed by atoms with Crippen LogP contribution in [0.3, 0.4) is 0 Å². The monoisotopic (exact) mass is 376 g/mol. The number of sulfonamides is 1. The van der Waals surface area contributed by atoms with E-state index in [9.17, 15) is 26.4 Å². The third-order valence-electron chi connectivity index (χ3n) is 3.18. The van der Waals surface area contributed by atoms with Crippen molar-refractivity contribution in [2.24, 2.45) is 0 Å². The molecule has 1 heterocycles. The van der Waals surface area contributed by atoms with Gasteiger partial charge in [0.15, 0.2) is 0 Å². The lowest BCUT2D eigenvalue weighted by molar-refractivity contribution is -0.123. The van der Waals surface area contributed by atoms with Crippen molar-refractivity contribution in [1.29, 1.82) is 0 Å². The zero-order chi connectivity index (χ0) is 18.7. The quantitative estimate of drug-likeness (QED) is 0.811. The Morgan fingerprint density at radius 2 is 1.84 bits per heavy atom. The second kappa shape index (κ2) is 7.28. The number of rotatable bonds is 6. The van der Waals surface area contributed by atoms with Crippen molar-refractivity contribution < 1.29 is 30.8 Å². The Bertz CT molecular complexity index is 815. The van der Waals surface area contributed by atoms with E-state index >= 15 is 0 Å². The molecular formula is C15H15F3N2O4S.